The van der Waals surface area contributed by atoms with Gasteiger partial charge in [0.15, 0.2) is 0 Å². The van der Waals surface area contributed by atoms with Crippen molar-refractivity contribution >= 4 is 11.0 Å². The number of rotatable bonds is 4. The summed E-state index contributed by atoms with van der Waals surface area (Å²) in [6.07, 6.45) is 4.91. The van der Waals surface area contributed by atoms with Crippen LogP contribution in [-0.4, -0.2) is 0 Å². The molecule has 90 valence electrons. The first kappa shape index (κ1) is 10.8. The lowest BCUT2D eigenvalue weighted by Gasteiger charge is -2.00. The van der Waals surface area contributed by atoms with Gasteiger partial charge in [-0.3, -0.25) is 0 Å². The zero-order chi connectivity index (χ0) is 11.8. The van der Waals surface area contributed by atoms with Crippen molar-refractivity contribution in [3.05, 3.63) is 35.1 Å². The average Bonchev–Trinajstić information content (AvgIpc) is 3.10. The van der Waals surface area contributed by atoms with Crippen LogP contribution >= 0.6 is 0 Å². The summed E-state index contributed by atoms with van der Waals surface area (Å²) in [4.78, 5) is 0. The van der Waals surface area contributed by atoms with Gasteiger partial charge in [0.2, 0.25) is 0 Å². The van der Waals surface area contributed by atoms with E-state index < -0.39 is 0 Å². The number of nitrogens with two attached hydrogens (primary N) is 1. The maximum Gasteiger partial charge on any atom is 0.134 e. The minimum absolute atomic E-state index is 0.517. The molecule has 3 rings (SSSR count). The Labute approximate surface area is 102 Å². The molecule has 2 nitrogen and oxygen atoms in total. The van der Waals surface area contributed by atoms with E-state index in [1.54, 1.807) is 0 Å². The second-order valence-corrected chi connectivity index (χ2v) is 5.00. The van der Waals surface area contributed by atoms with E-state index in [2.05, 4.69) is 25.1 Å². The monoisotopic (exact) mass is 229 g/mol. The van der Waals surface area contributed by atoms with Crippen molar-refractivity contribution in [2.45, 2.75) is 45.1 Å². The van der Waals surface area contributed by atoms with Gasteiger partial charge in [-0.05, 0) is 42.9 Å². The van der Waals surface area contributed by atoms with Crippen LogP contribution in [0, 0.1) is 0 Å². The van der Waals surface area contributed by atoms with Crippen LogP contribution in [0.25, 0.3) is 11.0 Å². The smallest absolute Gasteiger partial charge is 0.134 e. The van der Waals surface area contributed by atoms with Crippen LogP contribution in [0.3, 0.4) is 0 Å². The number of hydrogen-bond donors (Lipinski definition) is 1. The van der Waals surface area contributed by atoms with Gasteiger partial charge in [0.05, 0.1) is 6.54 Å². The molecule has 0 spiro atoms. The molecule has 1 fully saturated rings. The molecular formula is C15H19NO. The molecule has 0 aliphatic heterocycles. The second-order valence-electron chi connectivity index (χ2n) is 5.00. The lowest BCUT2D eigenvalue weighted by atomic mass is 10.0. The maximum atomic E-state index is 5.86. The van der Waals surface area contributed by atoms with Gasteiger partial charge in [-0.1, -0.05) is 19.4 Å². The Morgan fingerprint density at radius 3 is 2.82 bits per heavy atom. The van der Waals surface area contributed by atoms with E-state index in [0.29, 0.717) is 12.5 Å². The van der Waals surface area contributed by atoms with Crippen molar-refractivity contribution in [2.75, 3.05) is 0 Å². The van der Waals surface area contributed by atoms with Gasteiger partial charge < -0.3 is 10.2 Å². The van der Waals surface area contributed by atoms with E-state index >= 15 is 0 Å². The lowest BCUT2D eigenvalue weighted by Crippen LogP contribution is -1.97. The molecule has 1 aliphatic rings. The minimum Gasteiger partial charge on any atom is -0.459 e. The summed E-state index contributed by atoms with van der Waals surface area (Å²) in [5.74, 6) is 1.70. The Morgan fingerprint density at radius 1 is 1.35 bits per heavy atom. The fraction of sp³-hybridized carbons (Fsp3) is 0.467. The molecule has 0 atom stereocenters. The molecular weight excluding hydrogens is 210 g/mol. The first-order valence-corrected chi connectivity index (χ1v) is 6.57. The Balaban J connectivity index is 2.14. The van der Waals surface area contributed by atoms with E-state index in [1.807, 2.05) is 0 Å². The molecule has 0 radical (unpaired) electrons. The first-order valence-electron chi connectivity index (χ1n) is 6.57. The molecule has 0 amide bonds. The third kappa shape index (κ3) is 1.87. The predicted octanol–water partition coefficient (Wildman–Crippen LogP) is 3.72. The van der Waals surface area contributed by atoms with Crippen LogP contribution in [0.4, 0.5) is 0 Å². The van der Waals surface area contributed by atoms with Crippen molar-refractivity contribution in [2.24, 2.45) is 5.73 Å². The van der Waals surface area contributed by atoms with E-state index in [4.69, 9.17) is 10.2 Å². The topological polar surface area (TPSA) is 39.2 Å². The van der Waals surface area contributed by atoms with E-state index in [9.17, 15) is 0 Å². The second kappa shape index (κ2) is 4.19. The van der Waals surface area contributed by atoms with Crippen molar-refractivity contribution < 1.29 is 4.42 Å². The minimum atomic E-state index is 0.517. The van der Waals surface area contributed by atoms with E-state index in [1.165, 1.54) is 35.8 Å². The van der Waals surface area contributed by atoms with Crippen molar-refractivity contribution in [3.63, 3.8) is 0 Å². The largest absolute Gasteiger partial charge is 0.459 e. The average molecular weight is 229 g/mol. The number of fused-ring (bicyclic) bond motifs is 1. The molecule has 17 heavy (non-hydrogen) atoms. The predicted molar refractivity (Wildman–Crippen MR) is 70.1 cm³/mol. The zero-order valence-corrected chi connectivity index (χ0v) is 10.3. The fourth-order valence-electron chi connectivity index (χ4n) is 2.63. The molecule has 1 heterocycles. The summed E-state index contributed by atoms with van der Waals surface area (Å²) in [5, 5.41) is 1.30. The summed E-state index contributed by atoms with van der Waals surface area (Å²) in [7, 11) is 0. The van der Waals surface area contributed by atoms with Crippen LogP contribution in [0.15, 0.2) is 22.6 Å². The zero-order valence-electron chi connectivity index (χ0n) is 10.3. The Bertz CT molecular complexity index is 537. The molecule has 0 unspecified atom stereocenters. The standard InChI is InChI=1S/C15H19NO/c1-2-3-10-4-7-13-12(8-10)15(11-5-6-11)14(9-16)17-13/h4,7-8,11H,2-3,5-6,9,16H2,1H3. The van der Waals surface area contributed by atoms with Gasteiger partial charge in [-0.25, -0.2) is 0 Å². The molecule has 1 aromatic heterocycles. The Hall–Kier alpha value is -1.28. The van der Waals surface area contributed by atoms with Gasteiger partial charge in [0.1, 0.15) is 11.3 Å². The van der Waals surface area contributed by atoms with Gasteiger partial charge in [0.25, 0.3) is 0 Å². The van der Waals surface area contributed by atoms with E-state index in [0.717, 1.165) is 17.8 Å². The number of furan rings is 1. The van der Waals surface area contributed by atoms with Gasteiger partial charge in [-0.2, -0.15) is 0 Å². The quantitative estimate of drug-likeness (QED) is 0.867. The third-order valence-corrected chi connectivity index (χ3v) is 3.58. The highest BCUT2D eigenvalue weighted by atomic mass is 16.3. The van der Waals surface area contributed by atoms with Crippen LogP contribution in [0.2, 0.25) is 0 Å². The first-order chi connectivity index (χ1) is 8.33. The van der Waals surface area contributed by atoms with Crippen molar-refractivity contribution in [1.82, 2.24) is 0 Å². The Kier molecular flexibility index (Phi) is 2.67. The van der Waals surface area contributed by atoms with Crippen molar-refractivity contribution in [3.8, 4) is 0 Å². The molecule has 1 aliphatic carbocycles. The highest BCUT2D eigenvalue weighted by Gasteiger charge is 2.30. The molecule has 1 saturated carbocycles. The molecule has 0 saturated heterocycles. The van der Waals surface area contributed by atoms with Gasteiger partial charge in [-0.15, -0.1) is 0 Å². The van der Waals surface area contributed by atoms with Crippen molar-refractivity contribution in [1.29, 1.82) is 0 Å². The van der Waals surface area contributed by atoms with E-state index in [-0.39, 0.29) is 0 Å². The van der Waals surface area contributed by atoms with Crippen LogP contribution < -0.4 is 5.73 Å². The highest BCUT2D eigenvalue weighted by Crippen LogP contribution is 2.46. The number of benzene rings is 1. The summed E-state index contributed by atoms with van der Waals surface area (Å²) in [6, 6.07) is 6.58. The summed E-state index contributed by atoms with van der Waals surface area (Å²) >= 11 is 0. The van der Waals surface area contributed by atoms with Crippen LogP contribution in [-0.2, 0) is 13.0 Å². The maximum absolute atomic E-state index is 5.86. The van der Waals surface area contributed by atoms with Gasteiger partial charge in [0, 0.05) is 10.9 Å². The van der Waals surface area contributed by atoms with Crippen LogP contribution in [0.5, 0.6) is 0 Å². The number of aryl methyl sites for hydroxylation is 1. The molecule has 2 aromatic rings. The SMILES string of the molecule is CCCc1ccc2oc(CN)c(C3CC3)c2c1. The molecule has 2 heteroatoms. The van der Waals surface area contributed by atoms with Gasteiger partial charge >= 0.3 is 0 Å². The van der Waals surface area contributed by atoms with Crippen LogP contribution in [0.1, 0.15) is 49.0 Å². The normalized spacial score (nSPS) is 15.6. The summed E-state index contributed by atoms with van der Waals surface area (Å²) in [5.41, 5.74) is 9.59. The summed E-state index contributed by atoms with van der Waals surface area (Å²) in [6.45, 7) is 2.73. The molecule has 1 aromatic carbocycles. The lowest BCUT2D eigenvalue weighted by molar-refractivity contribution is 0.545. The highest BCUT2D eigenvalue weighted by molar-refractivity contribution is 5.84. The third-order valence-electron chi connectivity index (χ3n) is 3.58. The fourth-order valence-corrected chi connectivity index (χ4v) is 2.63. The summed E-state index contributed by atoms with van der Waals surface area (Å²) < 4.78 is 5.86. The Morgan fingerprint density at radius 2 is 2.18 bits per heavy atom. The molecule has 0 bridgehead atoms. The number of hydrogen-bond acceptors (Lipinski definition) is 2. The molecule has 2 N–H and O–H groups in total.